The number of piperazine rings is 1. The van der Waals surface area contributed by atoms with Crippen LogP contribution in [0.25, 0.3) is 0 Å². The van der Waals surface area contributed by atoms with Gasteiger partial charge in [-0.25, -0.2) is 0 Å². The number of fused-ring (bicyclic) bond motifs is 1. The molecule has 3 rings (SSSR count). The van der Waals surface area contributed by atoms with Crippen LogP contribution < -0.4 is 10.1 Å². The quantitative estimate of drug-likeness (QED) is 0.803. The molecule has 4 nitrogen and oxygen atoms in total. The predicted octanol–water partition coefficient (Wildman–Crippen LogP) is 0.983. The van der Waals surface area contributed by atoms with Crippen LogP contribution in [0.1, 0.15) is 18.4 Å². The minimum absolute atomic E-state index is 0.123. The number of benzene rings is 1. The van der Waals surface area contributed by atoms with E-state index in [1.165, 1.54) is 0 Å². The molecule has 2 atom stereocenters. The zero-order valence-electron chi connectivity index (χ0n) is 10.6. The SMILES string of the molecule is C[C@@H]1CNCCN1C(=O)C1COc2ccccc21. The number of amides is 1. The first-order valence-corrected chi connectivity index (χ1v) is 6.50. The highest BCUT2D eigenvalue weighted by molar-refractivity contribution is 5.86. The summed E-state index contributed by atoms with van der Waals surface area (Å²) in [7, 11) is 0. The van der Waals surface area contributed by atoms with Crippen molar-refractivity contribution in [3.8, 4) is 5.75 Å². The molecule has 0 bridgehead atoms. The summed E-state index contributed by atoms with van der Waals surface area (Å²) in [6.07, 6.45) is 0. The van der Waals surface area contributed by atoms with E-state index in [-0.39, 0.29) is 17.9 Å². The van der Waals surface area contributed by atoms with Gasteiger partial charge in [0, 0.05) is 31.2 Å². The van der Waals surface area contributed by atoms with E-state index in [4.69, 9.17) is 4.74 Å². The van der Waals surface area contributed by atoms with Crippen molar-refractivity contribution in [2.24, 2.45) is 0 Å². The summed E-state index contributed by atoms with van der Waals surface area (Å²) in [5, 5.41) is 3.30. The number of para-hydroxylation sites is 1. The molecule has 18 heavy (non-hydrogen) atoms. The summed E-state index contributed by atoms with van der Waals surface area (Å²) in [4.78, 5) is 14.6. The monoisotopic (exact) mass is 246 g/mol. The van der Waals surface area contributed by atoms with Crippen LogP contribution in [-0.2, 0) is 4.79 Å². The summed E-state index contributed by atoms with van der Waals surface area (Å²) < 4.78 is 5.60. The van der Waals surface area contributed by atoms with E-state index >= 15 is 0 Å². The first-order chi connectivity index (χ1) is 8.77. The minimum Gasteiger partial charge on any atom is -0.492 e. The van der Waals surface area contributed by atoms with Crippen molar-refractivity contribution in [3.63, 3.8) is 0 Å². The second-order valence-corrected chi connectivity index (χ2v) is 4.99. The number of carbonyl (C=O) groups excluding carboxylic acids is 1. The maximum Gasteiger partial charge on any atom is 0.234 e. The number of carbonyl (C=O) groups is 1. The number of nitrogens with one attached hydrogen (secondary N) is 1. The molecule has 2 aliphatic rings. The molecule has 4 heteroatoms. The van der Waals surface area contributed by atoms with E-state index < -0.39 is 0 Å². The molecule has 1 aromatic carbocycles. The Morgan fingerprint density at radius 2 is 2.28 bits per heavy atom. The van der Waals surface area contributed by atoms with Gasteiger partial charge in [0.2, 0.25) is 5.91 Å². The molecular formula is C14H18N2O2. The molecule has 1 N–H and O–H groups in total. The van der Waals surface area contributed by atoms with Crippen LogP contribution in [0.5, 0.6) is 5.75 Å². The zero-order chi connectivity index (χ0) is 12.5. The van der Waals surface area contributed by atoms with Crippen LogP contribution in [0, 0.1) is 0 Å². The van der Waals surface area contributed by atoms with Gasteiger partial charge in [-0.1, -0.05) is 18.2 Å². The van der Waals surface area contributed by atoms with Crippen LogP contribution >= 0.6 is 0 Å². The van der Waals surface area contributed by atoms with Gasteiger partial charge in [0.1, 0.15) is 18.3 Å². The number of ether oxygens (including phenoxy) is 1. The first kappa shape index (κ1) is 11.5. The van der Waals surface area contributed by atoms with Gasteiger partial charge in [-0.05, 0) is 13.0 Å². The maximum atomic E-state index is 12.6. The van der Waals surface area contributed by atoms with Gasteiger partial charge in [-0.15, -0.1) is 0 Å². The van der Waals surface area contributed by atoms with Crippen LogP contribution in [0.2, 0.25) is 0 Å². The Hall–Kier alpha value is -1.55. The molecule has 2 aliphatic heterocycles. The molecule has 1 amide bonds. The third kappa shape index (κ3) is 1.86. The number of hydrogen-bond acceptors (Lipinski definition) is 3. The van der Waals surface area contributed by atoms with E-state index in [0.717, 1.165) is 30.9 Å². The highest BCUT2D eigenvalue weighted by Gasteiger charge is 2.35. The first-order valence-electron chi connectivity index (χ1n) is 6.50. The molecule has 0 saturated carbocycles. The van der Waals surface area contributed by atoms with Crippen molar-refractivity contribution < 1.29 is 9.53 Å². The molecule has 96 valence electrons. The number of nitrogens with zero attached hydrogens (tertiary/aromatic N) is 1. The van der Waals surface area contributed by atoms with Crippen molar-refractivity contribution in [1.82, 2.24) is 10.2 Å². The van der Waals surface area contributed by atoms with Crippen molar-refractivity contribution in [2.45, 2.75) is 18.9 Å². The van der Waals surface area contributed by atoms with Crippen molar-refractivity contribution in [1.29, 1.82) is 0 Å². The second kappa shape index (κ2) is 4.61. The summed E-state index contributed by atoms with van der Waals surface area (Å²) in [6, 6.07) is 8.11. The smallest absolute Gasteiger partial charge is 0.234 e. The van der Waals surface area contributed by atoms with Gasteiger partial charge >= 0.3 is 0 Å². The maximum absolute atomic E-state index is 12.6. The molecule has 0 aromatic heterocycles. The molecule has 0 aliphatic carbocycles. The topological polar surface area (TPSA) is 41.6 Å². The van der Waals surface area contributed by atoms with E-state index in [1.54, 1.807) is 0 Å². The van der Waals surface area contributed by atoms with Gasteiger partial charge in [0.05, 0.1) is 0 Å². The fourth-order valence-electron chi connectivity index (χ4n) is 2.74. The molecule has 1 fully saturated rings. The molecular weight excluding hydrogens is 228 g/mol. The van der Waals surface area contributed by atoms with Gasteiger partial charge in [-0.3, -0.25) is 4.79 Å². The van der Waals surface area contributed by atoms with Crippen molar-refractivity contribution in [3.05, 3.63) is 29.8 Å². The fraction of sp³-hybridized carbons (Fsp3) is 0.500. The van der Waals surface area contributed by atoms with E-state index in [2.05, 4.69) is 12.2 Å². The normalized spacial score (nSPS) is 26.6. The van der Waals surface area contributed by atoms with E-state index in [1.807, 2.05) is 29.2 Å². The van der Waals surface area contributed by atoms with E-state index in [0.29, 0.717) is 6.61 Å². The Kier molecular flexibility index (Phi) is 2.96. The summed E-state index contributed by atoms with van der Waals surface area (Å²) in [5.41, 5.74) is 1.04. The highest BCUT2D eigenvalue weighted by atomic mass is 16.5. The predicted molar refractivity (Wildman–Crippen MR) is 68.7 cm³/mol. The Balaban J connectivity index is 1.82. The lowest BCUT2D eigenvalue weighted by molar-refractivity contribution is -0.135. The summed E-state index contributed by atoms with van der Waals surface area (Å²) in [5.74, 6) is 0.939. The average Bonchev–Trinajstić information content (AvgIpc) is 2.82. The lowest BCUT2D eigenvalue weighted by Gasteiger charge is -2.35. The van der Waals surface area contributed by atoms with Crippen LogP contribution in [0.3, 0.4) is 0 Å². The Morgan fingerprint density at radius 1 is 1.44 bits per heavy atom. The lowest BCUT2D eigenvalue weighted by Crippen LogP contribution is -2.53. The Labute approximate surface area is 107 Å². The Morgan fingerprint density at radius 3 is 3.11 bits per heavy atom. The second-order valence-electron chi connectivity index (χ2n) is 4.99. The standard InChI is InChI=1S/C14H18N2O2/c1-10-8-15-6-7-16(10)14(17)12-9-18-13-5-3-2-4-11(12)13/h2-5,10,12,15H,6-9H2,1H3/t10-,12?/m1/s1. The zero-order valence-corrected chi connectivity index (χ0v) is 10.6. The van der Waals surface area contributed by atoms with Crippen LogP contribution in [0.15, 0.2) is 24.3 Å². The summed E-state index contributed by atoms with van der Waals surface area (Å²) >= 11 is 0. The Bertz CT molecular complexity index is 461. The van der Waals surface area contributed by atoms with Gasteiger partial charge < -0.3 is 15.0 Å². The van der Waals surface area contributed by atoms with Crippen LogP contribution in [-0.4, -0.2) is 43.1 Å². The third-order valence-corrected chi connectivity index (χ3v) is 3.78. The number of rotatable bonds is 1. The molecule has 0 spiro atoms. The van der Waals surface area contributed by atoms with Gasteiger partial charge in [0.15, 0.2) is 0 Å². The third-order valence-electron chi connectivity index (χ3n) is 3.78. The van der Waals surface area contributed by atoms with Crippen LogP contribution in [0.4, 0.5) is 0 Å². The van der Waals surface area contributed by atoms with E-state index in [9.17, 15) is 4.79 Å². The molecule has 1 aromatic rings. The summed E-state index contributed by atoms with van der Waals surface area (Å²) in [6.45, 7) is 5.12. The molecule has 1 unspecified atom stereocenters. The molecule has 2 heterocycles. The van der Waals surface area contributed by atoms with Gasteiger partial charge in [-0.2, -0.15) is 0 Å². The molecule has 0 radical (unpaired) electrons. The van der Waals surface area contributed by atoms with Crippen molar-refractivity contribution >= 4 is 5.91 Å². The molecule has 1 saturated heterocycles. The minimum atomic E-state index is -0.123. The largest absolute Gasteiger partial charge is 0.492 e. The van der Waals surface area contributed by atoms with Gasteiger partial charge in [0.25, 0.3) is 0 Å². The fourth-order valence-corrected chi connectivity index (χ4v) is 2.74. The average molecular weight is 246 g/mol. The van der Waals surface area contributed by atoms with Crippen molar-refractivity contribution in [2.75, 3.05) is 26.2 Å². The highest BCUT2D eigenvalue weighted by Crippen LogP contribution is 2.34. The number of hydrogen-bond donors (Lipinski definition) is 1. The lowest BCUT2D eigenvalue weighted by atomic mass is 9.98.